The molecule has 0 radical (unpaired) electrons. The molecule has 1 N–H and O–H groups in total. The molecule has 1 aliphatic heterocycles. The summed E-state index contributed by atoms with van der Waals surface area (Å²) in [6.07, 6.45) is 0. The van der Waals surface area contributed by atoms with Crippen molar-refractivity contribution >= 4 is 29.2 Å². The highest BCUT2D eigenvalue weighted by Crippen LogP contribution is 2.29. The molecule has 1 aliphatic rings. The van der Waals surface area contributed by atoms with Gasteiger partial charge in [0.05, 0.1) is 16.9 Å². The smallest absolute Gasteiger partial charge is 0.338 e. The molecule has 150 valence electrons. The van der Waals surface area contributed by atoms with Crippen LogP contribution in [-0.4, -0.2) is 30.9 Å². The summed E-state index contributed by atoms with van der Waals surface area (Å²) in [7, 11) is 0. The van der Waals surface area contributed by atoms with Crippen molar-refractivity contribution in [3.8, 4) is 11.5 Å². The average Bonchev–Trinajstić information content (AvgIpc) is 2.78. The number of carbonyl (C=O) groups excluding carboxylic acids is 3. The Balaban J connectivity index is 1.36. The van der Waals surface area contributed by atoms with E-state index in [2.05, 4.69) is 5.32 Å². The molecule has 4 rings (SSSR count). The molecule has 0 saturated heterocycles. The lowest BCUT2D eigenvalue weighted by molar-refractivity contribution is -0.124. The fraction of sp³-hybridized carbons (Fsp3) is 0.0870. The number of amides is 2. The van der Waals surface area contributed by atoms with Crippen LogP contribution in [0, 0.1) is 0 Å². The standard InChI is InChI=1S/C23H18N2O5/c26-21-14-25(20-9-5-4-8-19(20)24-21)22(27)15-29-23(28)16-10-12-18(13-11-16)30-17-6-2-1-3-7-17/h1-13H,14-15H2,(H,24,26). The van der Waals surface area contributed by atoms with E-state index in [1.54, 1.807) is 48.5 Å². The van der Waals surface area contributed by atoms with Crippen molar-refractivity contribution in [3.63, 3.8) is 0 Å². The van der Waals surface area contributed by atoms with Crippen molar-refractivity contribution in [1.29, 1.82) is 0 Å². The predicted octanol–water partition coefficient (Wildman–Crippen LogP) is 3.62. The number of esters is 1. The van der Waals surface area contributed by atoms with Crippen molar-refractivity contribution in [2.24, 2.45) is 0 Å². The van der Waals surface area contributed by atoms with Gasteiger partial charge < -0.3 is 14.8 Å². The summed E-state index contributed by atoms with van der Waals surface area (Å²) in [4.78, 5) is 38.0. The van der Waals surface area contributed by atoms with Gasteiger partial charge in [0.15, 0.2) is 6.61 Å². The van der Waals surface area contributed by atoms with Crippen LogP contribution in [0.4, 0.5) is 11.4 Å². The van der Waals surface area contributed by atoms with Crippen molar-refractivity contribution in [3.05, 3.63) is 84.4 Å². The molecular formula is C23H18N2O5. The summed E-state index contributed by atoms with van der Waals surface area (Å²) < 4.78 is 10.8. The summed E-state index contributed by atoms with van der Waals surface area (Å²) in [6.45, 7) is -0.596. The minimum absolute atomic E-state index is 0.126. The van der Waals surface area contributed by atoms with Gasteiger partial charge >= 0.3 is 5.97 Å². The maximum absolute atomic E-state index is 12.5. The molecule has 0 atom stereocenters. The zero-order valence-corrected chi connectivity index (χ0v) is 15.9. The summed E-state index contributed by atoms with van der Waals surface area (Å²) in [5.74, 6) is -0.157. The Labute approximate surface area is 172 Å². The van der Waals surface area contributed by atoms with E-state index < -0.39 is 18.5 Å². The Kier molecular flexibility index (Phi) is 5.43. The first-order valence-corrected chi connectivity index (χ1v) is 9.29. The average molecular weight is 402 g/mol. The molecule has 7 nitrogen and oxygen atoms in total. The fourth-order valence-electron chi connectivity index (χ4n) is 3.03. The number of fused-ring (bicyclic) bond motifs is 1. The van der Waals surface area contributed by atoms with Gasteiger partial charge in [0.2, 0.25) is 5.91 Å². The van der Waals surface area contributed by atoms with Gasteiger partial charge in [0.1, 0.15) is 18.0 Å². The second-order valence-corrected chi connectivity index (χ2v) is 6.56. The van der Waals surface area contributed by atoms with E-state index in [9.17, 15) is 14.4 Å². The second kappa shape index (κ2) is 8.48. The number of para-hydroxylation sites is 3. The number of benzene rings is 3. The lowest BCUT2D eigenvalue weighted by atomic mass is 10.2. The Hall–Kier alpha value is -4.13. The second-order valence-electron chi connectivity index (χ2n) is 6.56. The van der Waals surface area contributed by atoms with E-state index in [1.165, 1.54) is 4.90 Å². The van der Waals surface area contributed by atoms with E-state index in [0.29, 0.717) is 28.4 Å². The van der Waals surface area contributed by atoms with Crippen molar-refractivity contribution in [1.82, 2.24) is 0 Å². The maximum Gasteiger partial charge on any atom is 0.338 e. The third-order valence-corrected chi connectivity index (χ3v) is 4.47. The first kappa shape index (κ1) is 19.2. The molecule has 3 aromatic carbocycles. The van der Waals surface area contributed by atoms with Crippen LogP contribution in [0.25, 0.3) is 0 Å². The van der Waals surface area contributed by atoms with Crippen molar-refractivity contribution < 1.29 is 23.9 Å². The van der Waals surface area contributed by atoms with E-state index in [4.69, 9.17) is 9.47 Å². The molecule has 2 amide bonds. The van der Waals surface area contributed by atoms with E-state index in [0.717, 1.165) is 0 Å². The molecule has 0 aromatic heterocycles. The van der Waals surface area contributed by atoms with Gasteiger partial charge in [-0.3, -0.25) is 14.5 Å². The Morgan fingerprint density at radius 2 is 1.53 bits per heavy atom. The number of ether oxygens (including phenoxy) is 2. The summed E-state index contributed by atoms with van der Waals surface area (Å²) in [5, 5.41) is 2.71. The van der Waals surface area contributed by atoms with E-state index in [-0.39, 0.29) is 12.5 Å². The zero-order valence-electron chi connectivity index (χ0n) is 15.9. The lowest BCUT2D eigenvalue weighted by Gasteiger charge is -2.28. The van der Waals surface area contributed by atoms with Crippen LogP contribution in [0.3, 0.4) is 0 Å². The Bertz CT molecular complexity index is 1080. The van der Waals surface area contributed by atoms with Gasteiger partial charge in [-0.05, 0) is 48.5 Å². The molecule has 0 saturated carbocycles. The largest absolute Gasteiger partial charge is 0.457 e. The number of carbonyl (C=O) groups is 3. The van der Waals surface area contributed by atoms with Gasteiger partial charge in [-0.1, -0.05) is 30.3 Å². The number of hydrogen-bond acceptors (Lipinski definition) is 5. The molecular weight excluding hydrogens is 384 g/mol. The molecule has 30 heavy (non-hydrogen) atoms. The monoisotopic (exact) mass is 402 g/mol. The minimum Gasteiger partial charge on any atom is -0.457 e. The van der Waals surface area contributed by atoms with Crippen LogP contribution in [0.2, 0.25) is 0 Å². The summed E-state index contributed by atoms with van der Waals surface area (Å²) >= 11 is 0. The van der Waals surface area contributed by atoms with Crippen LogP contribution in [0.1, 0.15) is 10.4 Å². The zero-order chi connectivity index (χ0) is 20.9. The number of nitrogens with zero attached hydrogens (tertiary/aromatic N) is 1. The maximum atomic E-state index is 12.5. The van der Waals surface area contributed by atoms with Gasteiger partial charge in [0.25, 0.3) is 5.91 Å². The molecule has 1 heterocycles. The Morgan fingerprint density at radius 1 is 0.867 bits per heavy atom. The molecule has 3 aromatic rings. The summed E-state index contributed by atoms with van der Waals surface area (Å²) in [6, 6.07) is 22.7. The number of anilines is 2. The number of hydrogen-bond donors (Lipinski definition) is 1. The molecule has 0 unspecified atom stereocenters. The van der Waals surface area contributed by atoms with Crippen LogP contribution in [-0.2, 0) is 14.3 Å². The lowest BCUT2D eigenvalue weighted by Crippen LogP contribution is -2.44. The molecule has 0 aliphatic carbocycles. The third-order valence-electron chi connectivity index (χ3n) is 4.47. The fourth-order valence-corrected chi connectivity index (χ4v) is 3.03. The molecule has 0 spiro atoms. The topological polar surface area (TPSA) is 84.9 Å². The summed E-state index contributed by atoms with van der Waals surface area (Å²) in [5.41, 5.74) is 1.41. The van der Waals surface area contributed by atoms with Crippen molar-refractivity contribution in [2.45, 2.75) is 0 Å². The highest BCUT2D eigenvalue weighted by atomic mass is 16.5. The number of nitrogens with one attached hydrogen (secondary N) is 1. The normalized spacial score (nSPS) is 12.5. The molecule has 7 heteroatoms. The minimum atomic E-state index is -0.635. The first-order chi connectivity index (χ1) is 14.6. The van der Waals surface area contributed by atoms with Crippen LogP contribution < -0.4 is 15.0 Å². The van der Waals surface area contributed by atoms with E-state index in [1.807, 2.05) is 30.3 Å². The highest BCUT2D eigenvalue weighted by molar-refractivity contribution is 6.10. The quantitative estimate of drug-likeness (QED) is 0.659. The number of rotatable bonds is 5. The van der Waals surface area contributed by atoms with Crippen LogP contribution >= 0.6 is 0 Å². The van der Waals surface area contributed by atoms with Gasteiger partial charge in [-0.25, -0.2) is 4.79 Å². The predicted molar refractivity (Wildman–Crippen MR) is 111 cm³/mol. The van der Waals surface area contributed by atoms with Crippen LogP contribution in [0.5, 0.6) is 11.5 Å². The van der Waals surface area contributed by atoms with Gasteiger partial charge in [-0.2, -0.15) is 0 Å². The third kappa shape index (κ3) is 4.30. The molecule has 0 fully saturated rings. The van der Waals surface area contributed by atoms with Crippen LogP contribution in [0.15, 0.2) is 78.9 Å². The van der Waals surface area contributed by atoms with Gasteiger partial charge in [0, 0.05) is 0 Å². The molecule has 0 bridgehead atoms. The highest BCUT2D eigenvalue weighted by Gasteiger charge is 2.27. The SMILES string of the molecule is O=C1CN(C(=O)COC(=O)c2ccc(Oc3ccccc3)cc2)c2ccccc2N1. The first-order valence-electron chi connectivity index (χ1n) is 9.29. The van der Waals surface area contributed by atoms with Crippen molar-refractivity contribution in [2.75, 3.05) is 23.4 Å². The van der Waals surface area contributed by atoms with E-state index >= 15 is 0 Å². The van der Waals surface area contributed by atoms with Gasteiger partial charge in [-0.15, -0.1) is 0 Å². The Morgan fingerprint density at radius 3 is 2.30 bits per heavy atom.